The molecule has 0 aromatic rings. The third-order valence-corrected chi connectivity index (χ3v) is 7.06. The monoisotopic (exact) mass is 438 g/mol. The summed E-state index contributed by atoms with van der Waals surface area (Å²) < 4.78 is 11.0. The number of hydrogen-bond acceptors (Lipinski definition) is 6. The Kier molecular flexibility index (Phi) is 7.86. The highest BCUT2D eigenvalue weighted by atomic mass is 16.6. The van der Waals surface area contributed by atoms with Crippen LogP contribution in [0.3, 0.4) is 0 Å². The van der Waals surface area contributed by atoms with Crippen LogP contribution in [0.2, 0.25) is 0 Å². The predicted octanol–water partition coefficient (Wildman–Crippen LogP) is 2.14. The maximum atomic E-state index is 13.7. The van der Waals surface area contributed by atoms with Crippen LogP contribution in [0.1, 0.15) is 53.4 Å². The van der Waals surface area contributed by atoms with Crippen LogP contribution in [-0.2, 0) is 14.3 Å². The van der Waals surface area contributed by atoms with Gasteiger partial charge >= 0.3 is 6.09 Å². The molecule has 3 fully saturated rings. The van der Waals surface area contributed by atoms with Crippen molar-refractivity contribution in [3.63, 3.8) is 0 Å². The summed E-state index contributed by atoms with van der Waals surface area (Å²) in [6, 6.07) is 0. The van der Waals surface area contributed by atoms with Crippen molar-refractivity contribution < 1.29 is 19.1 Å². The summed E-state index contributed by atoms with van der Waals surface area (Å²) >= 11 is 0. The van der Waals surface area contributed by atoms with E-state index in [-0.39, 0.29) is 5.91 Å². The molecule has 3 aliphatic heterocycles. The Morgan fingerprint density at radius 2 is 1.39 bits per heavy atom. The van der Waals surface area contributed by atoms with E-state index in [0.29, 0.717) is 32.2 Å². The number of carbonyl (C=O) groups excluding carboxylic acids is 2. The first-order valence-electron chi connectivity index (χ1n) is 11.9. The summed E-state index contributed by atoms with van der Waals surface area (Å²) in [4.78, 5) is 32.7. The molecule has 0 radical (unpaired) electrons. The lowest BCUT2D eigenvalue weighted by Crippen LogP contribution is -2.69. The zero-order chi connectivity index (χ0) is 22.6. The van der Waals surface area contributed by atoms with E-state index >= 15 is 0 Å². The number of rotatable bonds is 4. The normalized spacial score (nSPS) is 25.1. The first-order chi connectivity index (χ1) is 14.6. The number of morpholine rings is 1. The summed E-state index contributed by atoms with van der Waals surface area (Å²) in [6.07, 6.45) is 4.06. The fourth-order valence-electron chi connectivity index (χ4n) is 5.16. The van der Waals surface area contributed by atoms with Gasteiger partial charge in [-0.1, -0.05) is 0 Å². The van der Waals surface area contributed by atoms with Crippen LogP contribution in [0.4, 0.5) is 4.79 Å². The largest absolute Gasteiger partial charge is 0.444 e. The second-order valence-corrected chi connectivity index (χ2v) is 10.6. The molecule has 0 spiro atoms. The molecule has 2 amide bonds. The molecule has 0 saturated carbocycles. The molecule has 0 bridgehead atoms. The Bertz CT molecular complexity index is 616. The van der Waals surface area contributed by atoms with Gasteiger partial charge in [-0.3, -0.25) is 15.0 Å². The summed E-state index contributed by atoms with van der Waals surface area (Å²) in [5.74, 6) is 1.44. The van der Waals surface area contributed by atoms with Gasteiger partial charge in [-0.05, 0) is 85.4 Å². The van der Waals surface area contributed by atoms with Gasteiger partial charge in [-0.15, -0.1) is 0 Å². The molecular weight excluding hydrogens is 396 g/mol. The highest BCUT2D eigenvalue weighted by Gasteiger charge is 2.46. The van der Waals surface area contributed by atoms with Crippen LogP contribution < -0.4 is 5.32 Å². The van der Waals surface area contributed by atoms with E-state index < -0.39 is 17.4 Å². The number of nitrogens with one attached hydrogen (secondary N) is 1. The second kappa shape index (κ2) is 10.0. The molecule has 0 aliphatic carbocycles. The maximum absolute atomic E-state index is 13.7. The zero-order valence-corrected chi connectivity index (χ0v) is 20.1. The van der Waals surface area contributed by atoms with Crippen LogP contribution in [0.5, 0.6) is 0 Å². The van der Waals surface area contributed by atoms with Crippen molar-refractivity contribution in [3.05, 3.63) is 0 Å². The SMILES string of the molecule is CN1CCC(C2CCN(C(=O)[C@](C)(NC(=O)OC(C)(C)C)N3CCOCC3)CC2)CC1. The summed E-state index contributed by atoms with van der Waals surface area (Å²) in [7, 11) is 2.20. The van der Waals surface area contributed by atoms with Crippen LogP contribution in [0, 0.1) is 11.8 Å². The van der Waals surface area contributed by atoms with Crippen molar-refractivity contribution in [1.29, 1.82) is 0 Å². The molecule has 1 N–H and O–H groups in total. The molecule has 3 heterocycles. The van der Waals surface area contributed by atoms with Crippen molar-refractivity contribution in [2.75, 3.05) is 59.5 Å². The van der Waals surface area contributed by atoms with Gasteiger partial charge in [0.1, 0.15) is 5.60 Å². The molecule has 8 heteroatoms. The van der Waals surface area contributed by atoms with Crippen molar-refractivity contribution in [2.24, 2.45) is 11.8 Å². The van der Waals surface area contributed by atoms with Gasteiger partial charge in [0.2, 0.25) is 0 Å². The molecule has 0 unspecified atom stereocenters. The smallest absolute Gasteiger partial charge is 0.409 e. The van der Waals surface area contributed by atoms with Crippen molar-refractivity contribution in [1.82, 2.24) is 20.0 Å². The predicted molar refractivity (Wildman–Crippen MR) is 120 cm³/mol. The van der Waals surface area contributed by atoms with Gasteiger partial charge in [-0.2, -0.15) is 0 Å². The van der Waals surface area contributed by atoms with Crippen LogP contribution in [0.25, 0.3) is 0 Å². The third-order valence-electron chi connectivity index (χ3n) is 7.06. The minimum Gasteiger partial charge on any atom is -0.444 e. The Morgan fingerprint density at radius 3 is 1.90 bits per heavy atom. The van der Waals surface area contributed by atoms with E-state index in [2.05, 4.69) is 17.3 Å². The third kappa shape index (κ3) is 6.33. The Balaban J connectivity index is 1.64. The molecular formula is C23H42N4O4. The molecule has 0 aromatic carbocycles. The lowest BCUT2D eigenvalue weighted by atomic mass is 9.78. The Hall–Kier alpha value is -1.38. The van der Waals surface area contributed by atoms with E-state index in [0.717, 1.165) is 31.8 Å². The average Bonchev–Trinajstić information content (AvgIpc) is 2.73. The quantitative estimate of drug-likeness (QED) is 0.725. The fraction of sp³-hybridized carbons (Fsp3) is 0.913. The minimum absolute atomic E-state index is 0.0397. The fourth-order valence-corrected chi connectivity index (χ4v) is 5.16. The summed E-state index contributed by atoms with van der Waals surface area (Å²) in [5.41, 5.74) is -1.75. The van der Waals surface area contributed by atoms with Crippen LogP contribution >= 0.6 is 0 Å². The lowest BCUT2D eigenvalue weighted by molar-refractivity contribution is -0.151. The lowest BCUT2D eigenvalue weighted by Gasteiger charge is -2.46. The number of amides is 2. The van der Waals surface area contributed by atoms with Crippen molar-refractivity contribution in [2.45, 2.75) is 64.6 Å². The summed E-state index contributed by atoms with van der Waals surface area (Å²) in [5, 5.41) is 2.91. The average molecular weight is 439 g/mol. The highest BCUT2D eigenvalue weighted by Crippen LogP contribution is 2.33. The molecule has 31 heavy (non-hydrogen) atoms. The van der Waals surface area contributed by atoms with E-state index in [1.165, 1.54) is 25.9 Å². The number of piperidine rings is 2. The molecule has 8 nitrogen and oxygen atoms in total. The van der Waals surface area contributed by atoms with E-state index in [1.807, 2.05) is 37.5 Å². The number of ether oxygens (including phenoxy) is 2. The van der Waals surface area contributed by atoms with E-state index in [1.54, 1.807) is 0 Å². The van der Waals surface area contributed by atoms with Gasteiger partial charge in [0.15, 0.2) is 5.66 Å². The number of carbonyl (C=O) groups is 2. The van der Waals surface area contributed by atoms with Gasteiger partial charge in [0, 0.05) is 26.2 Å². The van der Waals surface area contributed by atoms with Crippen LogP contribution in [0.15, 0.2) is 0 Å². The topological polar surface area (TPSA) is 74.3 Å². The number of alkyl carbamates (subject to hydrolysis) is 1. The first kappa shape index (κ1) is 24.3. The molecule has 3 rings (SSSR count). The maximum Gasteiger partial charge on any atom is 0.409 e. The van der Waals surface area contributed by atoms with Gasteiger partial charge in [0.05, 0.1) is 13.2 Å². The van der Waals surface area contributed by atoms with E-state index in [9.17, 15) is 9.59 Å². The number of nitrogens with zero attached hydrogens (tertiary/aromatic N) is 3. The van der Waals surface area contributed by atoms with Gasteiger partial charge < -0.3 is 19.3 Å². The van der Waals surface area contributed by atoms with Crippen molar-refractivity contribution in [3.8, 4) is 0 Å². The minimum atomic E-state index is -1.13. The molecule has 1 atom stereocenters. The van der Waals surface area contributed by atoms with Crippen LogP contribution in [-0.4, -0.2) is 97.5 Å². The van der Waals surface area contributed by atoms with E-state index in [4.69, 9.17) is 9.47 Å². The van der Waals surface area contributed by atoms with Gasteiger partial charge in [0.25, 0.3) is 5.91 Å². The Morgan fingerprint density at radius 1 is 0.871 bits per heavy atom. The molecule has 3 saturated heterocycles. The highest BCUT2D eigenvalue weighted by molar-refractivity contribution is 5.89. The first-order valence-corrected chi connectivity index (χ1v) is 11.9. The van der Waals surface area contributed by atoms with Crippen molar-refractivity contribution >= 4 is 12.0 Å². The molecule has 0 aromatic heterocycles. The molecule has 3 aliphatic rings. The standard InChI is InChI=1S/C23H42N4O4/c1-22(2,3)31-21(29)24-23(4,27-14-16-30-17-15-27)20(28)26-12-8-19(9-13-26)18-6-10-25(5)11-7-18/h18-19H,6-17H2,1-5H3,(H,24,29)/t23-/m1/s1. The second-order valence-electron chi connectivity index (χ2n) is 10.6. The number of hydrogen-bond donors (Lipinski definition) is 1. The zero-order valence-electron chi connectivity index (χ0n) is 20.1. The summed E-state index contributed by atoms with van der Waals surface area (Å²) in [6.45, 7) is 13.5. The molecule has 178 valence electrons. The Labute approximate surface area is 187 Å². The number of likely N-dealkylation sites (tertiary alicyclic amines) is 2. The van der Waals surface area contributed by atoms with Gasteiger partial charge in [-0.25, -0.2) is 4.79 Å².